The lowest BCUT2D eigenvalue weighted by Gasteiger charge is -2.38. The van der Waals surface area contributed by atoms with Gasteiger partial charge in [-0.1, -0.05) is 12.1 Å². The van der Waals surface area contributed by atoms with Crippen molar-refractivity contribution < 1.29 is 19.1 Å². The van der Waals surface area contributed by atoms with Gasteiger partial charge in [0, 0.05) is 37.8 Å². The zero-order valence-corrected chi connectivity index (χ0v) is 18.3. The molecule has 3 aromatic rings. The summed E-state index contributed by atoms with van der Waals surface area (Å²) < 4.78 is 21.4. The predicted octanol–water partition coefficient (Wildman–Crippen LogP) is 3.22. The Bertz CT molecular complexity index is 1170. The Labute approximate surface area is 186 Å². The molecular formula is C24H27FN4O3. The van der Waals surface area contributed by atoms with Crippen molar-refractivity contribution in [3.05, 3.63) is 64.9 Å². The number of amides is 1. The first-order valence-corrected chi connectivity index (χ1v) is 10.9. The van der Waals surface area contributed by atoms with Crippen LogP contribution < -0.4 is 0 Å². The van der Waals surface area contributed by atoms with Crippen LogP contribution in [0.15, 0.2) is 36.7 Å². The monoisotopic (exact) mass is 438 g/mol. The first-order chi connectivity index (χ1) is 15.3. The van der Waals surface area contributed by atoms with E-state index in [9.17, 15) is 14.4 Å². The van der Waals surface area contributed by atoms with E-state index in [1.807, 2.05) is 0 Å². The Morgan fingerprint density at radius 1 is 1.19 bits per heavy atom. The first-order valence-electron chi connectivity index (χ1n) is 10.9. The fourth-order valence-electron chi connectivity index (χ4n) is 4.84. The largest absolute Gasteiger partial charge is 0.373 e. The van der Waals surface area contributed by atoms with Crippen molar-refractivity contribution in [3.63, 3.8) is 0 Å². The zero-order chi connectivity index (χ0) is 22.5. The van der Waals surface area contributed by atoms with Crippen LogP contribution in [0.3, 0.4) is 0 Å². The summed E-state index contributed by atoms with van der Waals surface area (Å²) in [6.45, 7) is 8.07. The molecule has 0 unspecified atom stereocenters. The van der Waals surface area contributed by atoms with E-state index in [2.05, 4.69) is 34.5 Å². The molecule has 0 bridgehead atoms. The normalized spacial score (nSPS) is 18.9. The van der Waals surface area contributed by atoms with Crippen molar-refractivity contribution in [3.8, 4) is 0 Å². The fraction of sp³-hybridized carbons (Fsp3) is 0.417. The molecule has 2 aromatic heterocycles. The third-order valence-corrected chi connectivity index (χ3v) is 6.28. The number of carbonyl (C=O) groups is 1. The Balaban J connectivity index is 1.58. The highest BCUT2D eigenvalue weighted by Gasteiger charge is 2.31. The van der Waals surface area contributed by atoms with E-state index in [0.717, 1.165) is 52.3 Å². The highest BCUT2D eigenvalue weighted by atomic mass is 19.1. The molecule has 1 saturated heterocycles. The summed E-state index contributed by atoms with van der Waals surface area (Å²) >= 11 is 0. The summed E-state index contributed by atoms with van der Waals surface area (Å²) in [6.07, 6.45) is 4.37. The molecule has 1 N–H and O–H groups in total. The number of morpholine rings is 1. The van der Waals surface area contributed by atoms with E-state index in [1.54, 1.807) is 18.3 Å². The van der Waals surface area contributed by atoms with Crippen LogP contribution in [0.5, 0.6) is 0 Å². The maximum atomic E-state index is 13.4. The number of hydrogen-bond acceptors (Lipinski definition) is 5. The minimum atomic E-state index is -0.460. The molecule has 0 atom stereocenters. The number of hydroxylamine groups is 2. The quantitative estimate of drug-likeness (QED) is 0.634. The topological polar surface area (TPSA) is 70.8 Å². The lowest BCUT2D eigenvalue weighted by Crippen LogP contribution is -2.47. The van der Waals surface area contributed by atoms with Gasteiger partial charge in [-0.25, -0.2) is 14.4 Å². The van der Waals surface area contributed by atoms with Crippen molar-refractivity contribution in [2.45, 2.75) is 39.0 Å². The molecule has 4 heterocycles. The van der Waals surface area contributed by atoms with Gasteiger partial charge in [-0.3, -0.25) is 14.9 Å². The number of fused-ring (bicyclic) bond motifs is 3. The number of pyridine rings is 1. The SMILES string of the molecule is CC1(C)CN(Cc2cn(Cc3ccc(F)cc3)c3cnc4c(c23)CCN(O)C4=O)CCO1. The summed E-state index contributed by atoms with van der Waals surface area (Å²) in [6, 6.07) is 6.49. The summed E-state index contributed by atoms with van der Waals surface area (Å²) in [5.41, 5.74) is 4.04. The molecule has 7 nitrogen and oxygen atoms in total. The Kier molecular flexibility index (Phi) is 5.23. The van der Waals surface area contributed by atoms with Crippen LogP contribution in [-0.4, -0.2) is 62.5 Å². The maximum absolute atomic E-state index is 13.4. The van der Waals surface area contributed by atoms with Crippen LogP contribution in [0.2, 0.25) is 0 Å². The Hall–Kier alpha value is -2.81. The molecule has 2 aliphatic heterocycles. The second-order valence-corrected chi connectivity index (χ2v) is 9.25. The molecule has 8 heteroatoms. The van der Waals surface area contributed by atoms with Gasteiger partial charge in [-0.05, 0) is 49.1 Å². The molecular weight excluding hydrogens is 411 g/mol. The van der Waals surface area contributed by atoms with Crippen molar-refractivity contribution in [2.24, 2.45) is 0 Å². The molecule has 0 saturated carbocycles. The van der Waals surface area contributed by atoms with E-state index in [1.165, 1.54) is 12.1 Å². The van der Waals surface area contributed by atoms with Crippen molar-refractivity contribution in [1.29, 1.82) is 0 Å². The van der Waals surface area contributed by atoms with Gasteiger partial charge in [-0.2, -0.15) is 0 Å². The predicted molar refractivity (Wildman–Crippen MR) is 117 cm³/mol. The van der Waals surface area contributed by atoms with Crippen LogP contribution in [0.1, 0.15) is 41.0 Å². The number of hydrogen-bond donors (Lipinski definition) is 1. The number of carbonyl (C=O) groups excluding carboxylic acids is 1. The van der Waals surface area contributed by atoms with E-state index < -0.39 is 5.91 Å². The summed E-state index contributed by atoms with van der Waals surface area (Å²) in [4.78, 5) is 19.3. The molecule has 1 fully saturated rings. The van der Waals surface area contributed by atoms with Crippen LogP contribution in [0, 0.1) is 5.82 Å². The van der Waals surface area contributed by atoms with E-state index in [0.29, 0.717) is 25.3 Å². The lowest BCUT2D eigenvalue weighted by molar-refractivity contribution is -0.0882. The van der Waals surface area contributed by atoms with Gasteiger partial charge in [-0.15, -0.1) is 0 Å². The number of halogens is 1. The minimum absolute atomic E-state index is 0.209. The summed E-state index contributed by atoms with van der Waals surface area (Å²) in [5.74, 6) is -0.720. The van der Waals surface area contributed by atoms with Crippen LogP contribution in [0.25, 0.3) is 10.9 Å². The molecule has 2 aliphatic rings. The van der Waals surface area contributed by atoms with E-state index in [4.69, 9.17) is 4.74 Å². The van der Waals surface area contributed by atoms with Crippen LogP contribution in [-0.2, 0) is 24.2 Å². The average Bonchev–Trinajstić information content (AvgIpc) is 3.09. The molecule has 168 valence electrons. The molecule has 1 amide bonds. The minimum Gasteiger partial charge on any atom is -0.373 e. The van der Waals surface area contributed by atoms with Gasteiger partial charge in [0.25, 0.3) is 5.91 Å². The van der Waals surface area contributed by atoms with Gasteiger partial charge < -0.3 is 9.30 Å². The number of rotatable bonds is 4. The first kappa shape index (κ1) is 21.1. The maximum Gasteiger partial charge on any atom is 0.296 e. The zero-order valence-electron chi connectivity index (χ0n) is 18.3. The Morgan fingerprint density at radius 3 is 2.72 bits per heavy atom. The lowest BCUT2D eigenvalue weighted by atomic mass is 9.98. The van der Waals surface area contributed by atoms with Crippen LogP contribution >= 0.6 is 0 Å². The number of benzene rings is 1. The molecule has 0 aliphatic carbocycles. The van der Waals surface area contributed by atoms with Crippen LogP contribution in [0.4, 0.5) is 4.39 Å². The van der Waals surface area contributed by atoms with Gasteiger partial charge >= 0.3 is 0 Å². The standard InChI is InChI=1S/C24H27FN4O3/c1-24(2)15-27(9-10-32-24)13-17-14-28(12-16-3-5-18(25)6-4-16)20-11-26-22-19(21(17)20)7-8-29(31)23(22)30/h3-6,11,14,31H,7-10,12-13,15H2,1-2H3. The molecule has 32 heavy (non-hydrogen) atoms. The number of aromatic nitrogens is 2. The smallest absolute Gasteiger partial charge is 0.296 e. The van der Waals surface area contributed by atoms with Crippen molar-refractivity contribution in [2.75, 3.05) is 26.2 Å². The van der Waals surface area contributed by atoms with Gasteiger partial charge in [0.05, 0.1) is 30.5 Å². The molecule has 1 aromatic carbocycles. The molecule has 0 spiro atoms. The number of ether oxygens (including phenoxy) is 1. The van der Waals surface area contributed by atoms with Crippen molar-refractivity contribution >= 4 is 16.8 Å². The van der Waals surface area contributed by atoms with E-state index in [-0.39, 0.29) is 18.0 Å². The van der Waals surface area contributed by atoms with Gasteiger partial charge in [0.15, 0.2) is 0 Å². The highest BCUT2D eigenvalue weighted by Crippen LogP contribution is 2.32. The van der Waals surface area contributed by atoms with Gasteiger partial charge in [0.1, 0.15) is 11.5 Å². The fourth-order valence-corrected chi connectivity index (χ4v) is 4.84. The van der Waals surface area contributed by atoms with Gasteiger partial charge in [0.2, 0.25) is 0 Å². The second-order valence-electron chi connectivity index (χ2n) is 9.25. The average molecular weight is 439 g/mol. The Morgan fingerprint density at radius 2 is 1.97 bits per heavy atom. The summed E-state index contributed by atoms with van der Waals surface area (Å²) in [5, 5.41) is 11.7. The number of nitrogens with zero attached hydrogens (tertiary/aromatic N) is 4. The van der Waals surface area contributed by atoms with E-state index >= 15 is 0 Å². The second kappa shape index (κ2) is 7.95. The molecule has 5 rings (SSSR count). The third kappa shape index (κ3) is 3.90. The third-order valence-electron chi connectivity index (χ3n) is 6.28. The van der Waals surface area contributed by atoms with Crippen molar-refractivity contribution in [1.82, 2.24) is 19.5 Å². The highest BCUT2D eigenvalue weighted by molar-refractivity contribution is 6.00. The molecule has 0 radical (unpaired) electrons. The summed E-state index contributed by atoms with van der Waals surface area (Å²) in [7, 11) is 0.